The summed E-state index contributed by atoms with van der Waals surface area (Å²) in [4.78, 5) is 21.7. The molecule has 0 aromatic heterocycles. The molecular formula is C7H8Cl2O4. The molecule has 0 saturated carbocycles. The maximum absolute atomic E-state index is 10.9. The van der Waals surface area contributed by atoms with Crippen LogP contribution < -0.4 is 0 Å². The first-order valence-electron chi connectivity index (χ1n) is 3.35. The highest BCUT2D eigenvalue weighted by Gasteiger charge is 2.18. The largest absolute Gasteiger partial charge is 0.465 e. The van der Waals surface area contributed by atoms with Gasteiger partial charge in [0.15, 0.2) is 10.1 Å². The molecule has 4 nitrogen and oxygen atoms in total. The van der Waals surface area contributed by atoms with Crippen LogP contribution in [-0.2, 0) is 19.1 Å². The van der Waals surface area contributed by atoms with Gasteiger partial charge < -0.3 is 9.47 Å². The average Bonchev–Trinajstić information content (AvgIpc) is 2.14. The zero-order valence-electron chi connectivity index (χ0n) is 7.10. The Labute approximate surface area is 85.4 Å². The van der Waals surface area contributed by atoms with E-state index in [4.69, 9.17) is 23.2 Å². The molecular weight excluding hydrogens is 219 g/mol. The highest BCUT2D eigenvalue weighted by molar-refractivity contribution is 6.53. The smallest absolute Gasteiger partial charge is 0.351 e. The fourth-order valence-corrected chi connectivity index (χ4v) is 0.749. The Balaban J connectivity index is 4.60. The third-order valence-electron chi connectivity index (χ3n) is 1.01. The number of hydrogen-bond acceptors (Lipinski definition) is 4. The van der Waals surface area contributed by atoms with E-state index in [1.165, 1.54) is 0 Å². The van der Waals surface area contributed by atoms with Crippen molar-refractivity contribution in [2.24, 2.45) is 0 Å². The Morgan fingerprint density at radius 3 is 2.00 bits per heavy atom. The van der Waals surface area contributed by atoms with Crippen LogP contribution >= 0.6 is 23.2 Å². The molecule has 0 unspecified atom stereocenters. The lowest BCUT2D eigenvalue weighted by Crippen LogP contribution is -2.09. The van der Waals surface area contributed by atoms with Crippen LogP contribution in [0.4, 0.5) is 0 Å². The van der Waals surface area contributed by atoms with E-state index in [9.17, 15) is 9.59 Å². The molecule has 0 bridgehead atoms. The lowest BCUT2D eigenvalue weighted by molar-refractivity contribution is -0.139. The van der Waals surface area contributed by atoms with Gasteiger partial charge in [0.1, 0.15) is 0 Å². The molecule has 0 N–H and O–H groups in total. The summed E-state index contributed by atoms with van der Waals surface area (Å²) in [6.45, 7) is 1.76. The van der Waals surface area contributed by atoms with Crippen molar-refractivity contribution in [1.29, 1.82) is 0 Å². The second kappa shape index (κ2) is 5.83. The maximum atomic E-state index is 10.9. The van der Waals surface area contributed by atoms with Gasteiger partial charge in [-0.25, -0.2) is 9.59 Å². The molecule has 0 fully saturated rings. The summed E-state index contributed by atoms with van der Waals surface area (Å²) in [5.41, 5.74) is 0. The Kier molecular flexibility index (Phi) is 5.50. The summed E-state index contributed by atoms with van der Waals surface area (Å²) in [5.74, 6) is -1.72. The van der Waals surface area contributed by atoms with Gasteiger partial charge in [0.05, 0.1) is 13.7 Å². The Morgan fingerprint density at radius 2 is 1.62 bits per heavy atom. The van der Waals surface area contributed by atoms with E-state index in [0.717, 1.165) is 7.11 Å². The van der Waals surface area contributed by atoms with Crippen molar-refractivity contribution in [2.45, 2.75) is 6.92 Å². The SMILES string of the molecule is CCOC(=O)C(Cl)=C(Cl)C(=O)OC. The lowest BCUT2D eigenvalue weighted by atomic mass is 10.5. The number of hydrogen-bond donors (Lipinski definition) is 0. The van der Waals surface area contributed by atoms with Crippen molar-refractivity contribution in [3.8, 4) is 0 Å². The molecule has 0 atom stereocenters. The molecule has 0 spiro atoms. The number of methoxy groups -OCH3 is 1. The third-order valence-corrected chi connectivity index (χ3v) is 1.80. The summed E-state index contributed by atoms with van der Waals surface area (Å²) in [6.07, 6.45) is 0. The summed E-state index contributed by atoms with van der Waals surface area (Å²) >= 11 is 10.8. The minimum absolute atomic E-state index is 0.153. The van der Waals surface area contributed by atoms with Gasteiger partial charge in [0, 0.05) is 0 Å². The van der Waals surface area contributed by atoms with Crippen molar-refractivity contribution in [1.82, 2.24) is 0 Å². The Hall–Kier alpha value is -0.740. The highest BCUT2D eigenvalue weighted by Crippen LogP contribution is 2.16. The standard InChI is InChI=1S/C7H8Cl2O4/c1-3-13-7(11)5(9)4(8)6(10)12-2/h3H2,1-2H3. The van der Waals surface area contributed by atoms with E-state index in [2.05, 4.69) is 9.47 Å². The second-order valence-corrected chi connectivity index (χ2v) is 2.60. The predicted octanol–water partition coefficient (Wildman–Crippen LogP) is 1.41. The van der Waals surface area contributed by atoms with Crippen LogP contribution in [0.1, 0.15) is 6.92 Å². The van der Waals surface area contributed by atoms with Crippen LogP contribution in [0.2, 0.25) is 0 Å². The van der Waals surface area contributed by atoms with Gasteiger partial charge >= 0.3 is 11.9 Å². The molecule has 0 aromatic rings. The molecule has 0 aliphatic heterocycles. The predicted molar refractivity (Wildman–Crippen MR) is 47.4 cm³/mol. The molecule has 74 valence electrons. The lowest BCUT2D eigenvalue weighted by Gasteiger charge is -2.01. The monoisotopic (exact) mass is 226 g/mol. The topological polar surface area (TPSA) is 52.6 Å². The minimum atomic E-state index is -0.875. The van der Waals surface area contributed by atoms with Crippen LogP contribution in [0, 0.1) is 0 Å². The molecule has 0 amide bonds. The third kappa shape index (κ3) is 3.65. The van der Waals surface area contributed by atoms with E-state index >= 15 is 0 Å². The van der Waals surface area contributed by atoms with E-state index < -0.39 is 22.0 Å². The van der Waals surface area contributed by atoms with Crippen LogP contribution in [0.25, 0.3) is 0 Å². The molecule has 0 aliphatic carbocycles. The molecule has 13 heavy (non-hydrogen) atoms. The first-order valence-corrected chi connectivity index (χ1v) is 4.10. The molecule has 0 aromatic carbocycles. The number of carbonyl (C=O) groups excluding carboxylic acids is 2. The van der Waals surface area contributed by atoms with Gasteiger partial charge in [-0.15, -0.1) is 0 Å². The molecule has 0 heterocycles. The van der Waals surface area contributed by atoms with Gasteiger partial charge in [-0.1, -0.05) is 23.2 Å². The summed E-state index contributed by atoms with van der Waals surface area (Å²) < 4.78 is 8.74. The van der Waals surface area contributed by atoms with Crippen LogP contribution in [0.15, 0.2) is 10.1 Å². The normalized spacial score (nSPS) is 11.7. The summed E-state index contributed by atoms with van der Waals surface area (Å²) in [5, 5.41) is -0.960. The first kappa shape index (κ1) is 12.3. The number of halogens is 2. The van der Waals surface area contributed by atoms with Gasteiger partial charge in [-0.05, 0) is 6.92 Å². The maximum Gasteiger partial charge on any atom is 0.351 e. The fourth-order valence-electron chi connectivity index (χ4n) is 0.463. The fraction of sp³-hybridized carbons (Fsp3) is 0.429. The quantitative estimate of drug-likeness (QED) is 0.540. The number of ether oxygens (including phenoxy) is 2. The van der Waals surface area contributed by atoms with Crippen LogP contribution in [0.5, 0.6) is 0 Å². The van der Waals surface area contributed by atoms with Gasteiger partial charge in [-0.2, -0.15) is 0 Å². The van der Waals surface area contributed by atoms with Crippen molar-refractivity contribution in [3.05, 3.63) is 10.1 Å². The van der Waals surface area contributed by atoms with Gasteiger partial charge in [0.25, 0.3) is 0 Å². The van der Waals surface area contributed by atoms with Crippen molar-refractivity contribution in [2.75, 3.05) is 13.7 Å². The zero-order valence-corrected chi connectivity index (χ0v) is 8.61. The van der Waals surface area contributed by atoms with Crippen molar-refractivity contribution < 1.29 is 19.1 Å². The van der Waals surface area contributed by atoms with E-state index in [1.807, 2.05) is 0 Å². The molecule has 6 heteroatoms. The van der Waals surface area contributed by atoms with Gasteiger partial charge in [0.2, 0.25) is 0 Å². The Morgan fingerprint density at radius 1 is 1.15 bits per heavy atom. The van der Waals surface area contributed by atoms with Gasteiger partial charge in [-0.3, -0.25) is 0 Å². The van der Waals surface area contributed by atoms with E-state index in [1.54, 1.807) is 6.92 Å². The molecule has 0 rings (SSSR count). The molecule has 0 saturated heterocycles. The number of esters is 2. The highest BCUT2D eigenvalue weighted by atomic mass is 35.5. The molecule has 0 radical (unpaired) electrons. The van der Waals surface area contributed by atoms with Crippen molar-refractivity contribution >= 4 is 35.1 Å². The average molecular weight is 227 g/mol. The molecule has 0 aliphatic rings. The van der Waals surface area contributed by atoms with E-state index in [0.29, 0.717) is 0 Å². The van der Waals surface area contributed by atoms with Crippen molar-refractivity contribution in [3.63, 3.8) is 0 Å². The second-order valence-electron chi connectivity index (χ2n) is 1.84. The first-order chi connectivity index (χ1) is 6.04. The number of rotatable bonds is 3. The van der Waals surface area contributed by atoms with Crippen LogP contribution in [0.3, 0.4) is 0 Å². The van der Waals surface area contributed by atoms with Crippen LogP contribution in [-0.4, -0.2) is 25.7 Å². The zero-order chi connectivity index (χ0) is 10.4. The van der Waals surface area contributed by atoms with E-state index in [-0.39, 0.29) is 6.61 Å². The Bertz CT molecular complexity index is 247. The summed E-state index contributed by atoms with van der Waals surface area (Å²) in [6, 6.07) is 0. The number of carbonyl (C=O) groups is 2. The minimum Gasteiger partial charge on any atom is -0.465 e. The summed E-state index contributed by atoms with van der Waals surface area (Å²) in [7, 11) is 1.13.